The zero-order valence-electron chi connectivity index (χ0n) is 25.2. The summed E-state index contributed by atoms with van der Waals surface area (Å²) in [5.74, 6) is 0. The Morgan fingerprint density at radius 1 is 0.641 bits per heavy atom. The van der Waals surface area contributed by atoms with E-state index in [1.54, 1.807) is 12.3 Å². The van der Waals surface area contributed by atoms with Crippen LogP contribution in [-0.2, 0) is 31.9 Å². The normalized spacial score (nSPS) is 12.2. The van der Waals surface area contributed by atoms with E-state index in [4.69, 9.17) is 2.74 Å². The zero-order chi connectivity index (χ0) is 28.8. The van der Waals surface area contributed by atoms with Crippen molar-refractivity contribution in [1.82, 2.24) is 9.97 Å². The standard InChI is InChI=1S/C20H18N.C16H18N.Ir/c1-20(2,17-11-7-4-8-12-17)18-13-14-21-19(15-18)16-9-5-3-6-10-16;1-16(2,3)12-13-9-10-17-15(11-13)14-7-5-4-6-8-14;/h3-9,11-15H,1-2H3;4-7,9-11H,12H2,1-3H3;/q2*-1;/i;12D2;. The number of benzene rings is 3. The van der Waals surface area contributed by atoms with Crippen molar-refractivity contribution >= 4 is 0 Å². The first kappa shape index (κ1) is 27.2. The van der Waals surface area contributed by atoms with Gasteiger partial charge in [-0.1, -0.05) is 82.6 Å². The molecule has 0 unspecified atom stereocenters. The Kier molecular flexibility index (Phi) is 9.48. The molecule has 201 valence electrons. The Morgan fingerprint density at radius 2 is 1.18 bits per heavy atom. The van der Waals surface area contributed by atoms with Crippen LogP contribution in [0.1, 0.15) is 54.1 Å². The summed E-state index contributed by atoms with van der Waals surface area (Å²) in [6.07, 6.45) is 2.14. The number of hydrogen-bond donors (Lipinski definition) is 0. The van der Waals surface area contributed by atoms with Gasteiger partial charge in [0.2, 0.25) is 0 Å². The topological polar surface area (TPSA) is 25.8 Å². The number of hydrogen-bond acceptors (Lipinski definition) is 2. The van der Waals surface area contributed by atoms with Crippen LogP contribution in [0.25, 0.3) is 22.5 Å². The molecule has 5 rings (SSSR count). The van der Waals surface area contributed by atoms with Crippen LogP contribution in [0.3, 0.4) is 0 Å². The van der Waals surface area contributed by atoms with Crippen molar-refractivity contribution in [3.8, 4) is 22.5 Å². The minimum atomic E-state index is -1.40. The van der Waals surface area contributed by atoms with Crippen molar-refractivity contribution in [2.45, 2.75) is 46.4 Å². The summed E-state index contributed by atoms with van der Waals surface area (Å²) in [4.78, 5) is 8.79. The van der Waals surface area contributed by atoms with Gasteiger partial charge < -0.3 is 9.97 Å². The molecular weight excluding hydrogens is 653 g/mol. The molecule has 0 spiro atoms. The first-order chi connectivity index (χ1) is 19.0. The third-order valence-electron chi connectivity index (χ3n) is 6.23. The molecule has 2 heterocycles. The maximum absolute atomic E-state index is 8.31. The van der Waals surface area contributed by atoms with Crippen LogP contribution < -0.4 is 0 Å². The van der Waals surface area contributed by atoms with Crippen LogP contribution in [0.5, 0.6) is 0 Å². The van der Waals surface area contributed by atoms with Gasteiger partial charge >= 0.3 is 0 Å². The smallest absolute Gasteiger partial charge is 0.0321 e. The van der Waals surface area contributed by atoms with E-state index in [-0.39, 0.29) is 25.5 Å². The van der Waals surface area contributed by atoms with Gasteiger partial charge in [-0.05, 0) is 46.4 Å². The van der Waals surface area contributed by atoms with Gasteiger partial charge in [0, 0.05) is 40.7 Å². The second-order valence-corrected chi connectivity index (χ2v) is 10.8. The molecule has 39 heavy (non-hydrogen) atoms. The Labute approximate surface area is 250 Å². The Morgan fingerprint density at radius 3 is 1.72 bits per heavy atom. The van der Waals surface area contributed by atoms with E-state index in [0.29, 0.717) is 5.56 Å². The van der Waals surface area contributed by atoms with Gasteiger partial charge in [0.25, 0.3) is 0 Å². The molecule has 0 aliphatic heterocycles. The SMILES string of the molecule is CC(C)(c1ccccc1)c1ccnc(-c2[c-]cccc2)c1.[2H]C([2H])(c1ccnc(-c2[c-]cccc2)c1)C(C)(C)C.[Ir]. The van der Waals surface area contributed by atoms with Crippen LogP contribution in [0, 0.1) is 17.5 Å². The van der Waals surface area contributed by atoms with Crippen LogP contribution in [0.15, 0.2) is 116 Å². The first-order valence-electron chi connectivity index (χ1n) is 13.9. The summed E-state index contributed by atoms with van der Waals surface area (Å²) in [5.41, 5.74) is 6.35. The van der Waals surface area contributed by atoms with Crippen molar-refractivity contribution in [3.63, 3.8) is 0 Å². The number of nitrogens with zero attached hydrogens (tertiary/aromatic N) is 2. The Bertz CT molecular complexity index is 1510. The average Bonchev–Trinajstić information content (AvgIpc) is 2.98. The molecule has 0 bridgehead atoms. The maximum atomic E-state index is 8.31. The van der Waals surface area contributed by atoms with Gasteiger partial charge in [0.05, 0.1) is 0 Å². The Balaban J connectivity index is 0.000000221. The van der Waals surface area contributed by atoms with Crippen molar-refractivity contribution in [2.75, 3.05) is 0 Å². The van der Waals surface area contributed by atoms with Gasteiger partial charge in [0.15, 0.2) is 0 Å². The summed E-state index contributed by atoms with van der Waals surface area (Å²) in [5, 5.41) is 0. The van der Waals surface area contributed by atoms with Gasteiger partial charge in [-0.15, -0.1) is 71.8 Å². The van der Waals surface area contributed by atoms with Crippen LogP contribution in [0.4, 0.5) is 0 Å². The largest absolute Gasteiger partial charge is 0.305 e. The molecule has 2 aromatic heterocycles. The van der Waals surface area contributed by atoms with E-state index >= 15 is 0 Å². The fourth-order valence-electron chi connectivity index (χ4n) is 4.18. The van der Waals surface area contributed by atoms with Gasteiger partial charge in [0.1, 0.15) is 0 Å². The van der Waals surface area contributed by atoms with E-state index < -0.39 is 11.8 Å². The molecule has 0 aliphatic carbocycles. The number of pyridine rings is 2. The summed E-state index contributed by atoms with van der Waals surface area (Å²) >= 11 is 0. The predicted molar refractivity (Wildman–Crippen MR) is 159 cm³/mol. The third kappa shape index (κ3) is 8.55. The van der Waals surface area contributed by atoms with Crippen molar-refractivity contribution in [2.24, 2.45) is 5.41 Å². The van der Waals surface area contributed by atoms with E-state index in [1.807, 2.05) is 81.6 Å². The minimum Gasteiger partial charge on any atom is -0.305 e. The summed E-state index contributed by atoms with van der Waals surface area (Å²) in [7, 11) is 0. The molecular formula is C36H36IrN2-2. The fourth-order valence-corrected chi connectivity index (χ4v) is 4.18. The molecule has 0 aliphatic rings. The van der Waals surface area contributed by atoms with E-state index in [1.165, 1.54) is 11.1 Å². The molecule has 5 aromatic rings. The van der Waals surface area contributed by atoms with Crippen molar-refractivity contribution in [3.05, 3.63) is 144 Å². The molecule has 0 N–H and O–H groups in total. The fraction of sp³-hybridized carbons (Fsp3) is 0.222. The van der Waals surface area contributed by atoms with Crippen LogP contribution in [0.2, 0.25) is 0 Å². The maximum Gasteiger partial charge on any atom is 0.0321 e. The predicted octanol–water partition coefficient (Wildman–Crippen LogP) is 9.01. The van der Waals surface area contributed by atoms with Crippen LogP contribution in [-0.4, -0.2) is 9.97 Å². The molecule has 1 radical (unpaired) electrons. The van der Waals surface area contributed by atoms with E-state index in [9.17, 15) is 0 Å². The molecule has 0 saturated carbocycles. The molecule has 3 aromatic carbocycles. The quantitative estimate of drug-likeness (QED) is 0.172. The molecule has 0 atom stereocenters. The van der Waals surface area contributed by atoms with Gasteiger partial charge in [-0.3, -0.25) is 0 Å². The molecule has 0 amide bonds. The molecule has 0 saturated heterocycles. The van der Waals surface area contributed by atoms with Crippen LogP contribution >= 0.6 is 0 Å². The Hall–Kier alpha value is -3.39. The van der Waals surface area contributed by atoms with Gasteiger partial charge in [-0.25, -0.2) is 0 Å². The summed E-state index contributed by atoms with van der Waals surface area (Å²) < 4.78 is 16.6. The molecule has 2 nitrogen and oxygen atoms in total. The first-order valence-corrected chi connectivity index (χ1v) is 12.9. The summed E-state index contributed by atoms with van der Waals surface area (Å²) in [6, 6.07) is 40.3. The zero-order valence-corrected chi connectivity index (χ0v) is 25.6. The van der Waals surface area contributed by atoms with E-state index in [0.717, 1.165) is 22.5 Å². The molecule has 3 heteroatoms. The second kappa shape index (κ2) is 13.6. The summed E-state index contributed by atoms with van der Waals surface area (Å²) in [6.45, 7) is 10.2. The average molecular weight is 691 g/mol. The number of rotatable bonds is 5. The van der Waals surface area contributed by atoms with E-state index in [2.05, 4.69) is 78.4 Å². The molecule has 0 fully saturated rings. The van der Waals surface area contributed by atoms with Crippen molar-refractivity contribution in [1.29, 1.82) is 0 Å². The number of aromatic nitrogens is 2. The monoisotopic (exact) mass is 691 g/mol. The minimum absolute atomic E-state index is 0. The third-order valence-corrected chi connectivity index (χ3v) is 6.23. The van der Waals surface area contributed by atoms with Gasteiger partial charge in [-0.2, -0.15) is 0 Å². The van der Waals surface area contributed by atoms with Crippen molar-refractivity contribution < 1.29 is 22.8 Å². The second-order valence-electron chi connectivity index (χ2n) is 10.8.